The predicted molar refractivity (Wildman–Crippen MR) is 392 cm³/mol. The molecule has 2 aromatic rings. The number of carbonyl (C=O) groups is 14. The minimum absolute atomic E-state index is 0.0235. The number of phenolic OH excluding ortho intramolecular Hbond substituents is 1. The maximum absolute atomic E-state index is 14.9. The van der Waals surface area contributed by atoms with Gasteiger partial charge in [0.25, 0.3) is 0 Å². The highest BCUT2D eigenvalue weighted by atomic mass is 16.5. The Morgan fingerprint density at radius 1 is 0.589 bits per heavy atom. The smallest absolute Gasteiger partial charge is 0.334 e. The van der Waals surface area contributed by atoms with E-state index in [9.17, 15) is 92.7 Å². The van der Waals surface area contributed by atoms with E-state index in [1.54, 1.807) is 27.7 Å². The van der Waals surface area contributed by atoms with Crippen molar-refractivity contribution < 1.29 is 97.4 Å². The second kappa shape index (κ2) is 46.7. The molecule has 5 rings (SSSR count). The number of carboxylic acid groups (broad SMARTS) is 2. The Hall–Kier alpha value is -9.30. The number of nitrogens with two attached hydrogens (primary N) is 2. The van der Waals surface area contributed by atoms with E-state index in [4.69, 9.17) is 16.2 Å². The third kappa shape index (κ3) is 32.4. The van der Waals surface area contributed by atoms with E-state index in [0.717, 1.165) is 43.9 Å². The molecule has 596 valence electrons. The molecule has 107 heavy (non-hydrogen) atoms. The highest BCUT2D eigenvalue weighted by Crippen LogP contribution is 2.24. The molecule has 0 saturated carbocycles. The van der Waals surface area contributed by atoms with Crippen LogP contribution >= 0.6 is 0 Å². The summed E-state index contributed by atoms with van der Waals surface area (Å²) in [5.74, 6) is -15.4. The average Bonchev–Trinajstić information content (AvgIpc) is 1.77. The summed E-state index contributed by atoms with van der Waals surface area (Å²) in [6.45, 7) is 12.0. The lowest BCUT2D eigenvalue weighted by atomic mass is 9.97. The van der Waals surface area contributed by atoms with Gasteiger partial charge in [0.2, 0.25) is 65.0 Å². The first kappa shape index (κ1) is 90.1. The molecule has 0 spiro atoms. The van der Waals surface area contributed by atoms with Crippen molar-refractivity contribution in [2.75, 3.05) is 13.1 Å². The number of unbranched alkanes of at least 4 members (excludes halogenated alkanes) is 8. The maximum Gasteiger partial charge on any atom is 0.334 e. The zero-order valence-corrected chi connectivity index (χ0v) is 62.8. The lowest BCUT2D eigenvalue weighted by Crippen LogP contribution is -2.62. The minimum atomic E-state index is -1.99. The number of nitrogens with one attached hydrogen (secondary N) is 9. The summed E-state index contributed by atoms with van der Waals surface area (Å²) in [5.41, 5.74) is 12.1. The molecule has 18 N–H and O–H groups in total. The van der Waals surface area contributed by atoms with Crippen molar-refractivity contribution in [3.8, 4) is 11.5 Å². The number of nitrogens with zero attached hydrogens (tertiary/aromatic N) is 1. The number of amides is 11. The van der Waals surface area contributed by atoms with Gasteiger partial charge < -0.3 is 94.5 Å². The van der Waals surface area contributed by atoms with Gasteiger partial charge >= 0.3 is 17.9 Å². The number of hydrogen-bond donors (Lipinski definition) is 16. The highest BCUT2D eigenvalue weighted by Gasteiger charge is 2.43. The Morgan fingerprint density at radius 3 is 1.70 bits per heavy atom. The molecule has 2 aromatic carbocycles. The van der Waals surface area contributed by atoms with Gasteiger partial charge in [-0.2, -0.15) is 0 Å². The van der Waals surface area contributed by atoms with E-state index < -0.39 is 219 Å². The number of carboxylic acids is 2. The fraction of sp³-hybridized carbons (Fsp3) is 0.653. The molecule has 11 amide bonds. The van der Waals surface area contributed by atoms with Crippen molar-refractivity contribution in [1.82, 2.24) is 52.8 Å². The van der Waals surface area contributed by atoms with E-state index in [-0.39, 0.29) is 62.3 Å². The van der Waals surface area contributed by atoms with Gasteiger partial charge in [0.05, 0.1) is 18.6 Å². The quantitative estimate of drug-likeness (QED) is 0.0199. The van der Waals surface area contributed by atoms with Gasteiger partial charge in [0.1, 0.15) is 71.9 Å². The second-order valence-corrected chi connectivity index (χ2v) is 28.9. The number of aliphatic hydroxyl groups excluding tert-OH is 2. The van der Waals surface area contributed by atoms with E-state index in [1.807, 2.05) is 0 Å². The lowest BCUT2D eigenvalue weighted by molar-refractivity contribution is -0.144. The zero-order chi connectivity index (χ0) is 79.4. The van der Waals surface area contributed by atoms with Gasteiger partial charge in [-0.15, -0.1) is 0 Å². The Morgan fingerprint density at radius 2 is 1.13 bits per heavy atom. The van der Waals surface area contributed by atoms with Crippen LogP contribution in [0.5, 0.6) is 11.5 Å². The Kier molecular flexibility index (Phi) is 39.3. The van der Waals surface area contributed by atoms with E-state index in [2.05, 4.69) is 61.7 Å². The summed E-state index contributed by atoms with van der Waals surface area (Å²) in [6, 6.07) is -4.88. The first-order valence-corrected chi connectivity index (χ1v) is 37.6. The van der Waals surface area contributed by atoms with Crippen LogP contribution in [-0.4, -0.2) is 199 Å². The maximum atomic E-state index is 14.9. The Labute approximate surface area is 625 Å². The van der Waals surface area contributed by atoms with Crippen molar-refractivity contribution in [2.24, 2.45) is 29.2 Å². The Bertz CT molecular complexity index is 3280. The molecule has 3 aliphatic heterocycles. The van der Waals surface area contributed by atoms with Gasteiger partial charge in [-0.25, -0.2) is 4.79 Å². The number of benzene rings is 2. The van der Waals surface area contributed by atoms with Crippen LogP contribution in [0.15, 0.2) is 48.5 Å². The molecule has 13 atom stereocenters. The second-order valence-electron chi connectivity index (χ2n) is 28.9. The Balaban J connectivity index is 1.77. The van der Waals surface area contributed by atoms with E-state index in [1.165, 1.54) is 74.2 Å². The molecule has 1 saturated heterocycles. The molecule has 13 unspecified atom stereocenters. The SMILES string of the molecule is CCC(C)C1NC(=O)C(Cc2ccc(O)cc2)NC(=O)C(CCC(N)=O)NC(=O)C2CCCN2C(=O)C(C(C)C)NC(=O)C(CCC(=O)O)NC(=O)C(C(C)O)NC(=O)C(NC(=O)C(CCCN)NC(=O)C(CCC(=O)O)NC(=O)CC(O)CCCCCCCCCCCC(C)C)Cc2ccc(cc2)OC1=O. The van der Waals surface area contributed by atoms with Crippen LogP contribution in [-0.2, 0) is 80.0 Å². The van der Waals surface area contributed by atoms with Crippen LogP contribution in [0.2, 0.25) is 0 Å². The molecular formula is C75H116N12O20. The van der Waals surface area contributed by atoms with Gasteiger partial charge in [-0.3, -0.25) is 62.3 Å². The number of ether oxygens (including phenoxy) is 1. The average molecular weight is 1510 g/mol. The van der Waals surface area contributed by atoms with E-state index in [0.29, 0.717) is 30.7 Å². The van der Waals surface area contributed by atoms with Crippen molar-refractivity contribution in [3.05, 3.63) is 59.7 Å². The molecule has 0 radical (unpaired) electrons. The van der Waals surface area contributed by atoms with Crippen molar-refractivity contribution >= 4 is 82.9 Å². The summed E-state index contributed by atoms with van der Waals surface area (Å²) >= 11 is 0. The number of phenols is 1. The van der Waals surface area contributed by atoms with Crippen molar-refractivity contribution in [3.63, 3.8) is 0 Å². The van der Waals surface area contributed by atoms with Gasteiger partial charge in [-0.1, -0.05) is 136 Å². The topological polar surface area (TPSA) is 513 Å². The molecule has 0 aliphatic carbocycles. The zero-order valence-electron chi connectivity index (χ0n) is 62.8. The standard InChI is InChI=1S/C75H116N12O20/c1-8-45(6)64-75(106)107-51-30-26-48(27-31-51)41-57(82-66(97)52(22-18-38-76)79-67(98)53(33-36-61(93)94)78-60(92)42-50(90)21-17-15-13-11-9-10-12-14-16-20-43(2)3)71(102)86-65(46(7)88)73(104)81-55(34-37-62(95)96)69(100)84-63(44(4)5)74(105)87-39-19-23-58(87)72(103)80-54(32-35-59(77)91)68(99)83-56(70(101)85-64)40-47-24-28-49(89)29-25-47/h24-31,43-46,50,52-58,63-65,88-90H,8-23,32-42,76H2,1-7H3,(H2,77,91)(H,78,92)(H,79,98)(H,80,103)(H,81,104)(H,82,97)(H,83,99)(H,84,100)(H,85,101)(H,86,102)(H,93,94)(H,95,96). The van der Waals surface area contributed by atoms with Crippen LogP contribution < -0.4 is 64.1 Å². The summed E-state index contributed by atoms with van der Waals surface area (Å²) in [5, 5.41) is 74.6. The summed E-state index contributed by atoms with van der Waals surface area (Å²) < 4.78 is 5.84. The molecule has 0 aromatic heterocycles. The summed E-state index contributed by atoms with van der Waals surface area (Å²) in [7, 11) is 0. The number of aromatic hydroxyl groups is 1. The van der Waals surface area contributed by atoms with Crippen molar-refractivity contribution in [1.29, 1.82) is 0 Å². The first-order valence-electron chi connectivity index (χ1n) is 37.6. The molecule has 2 bridgehead atoms. The minimum Gasteiger partial charge on any atom is -0.508 e. The third-order valence-corrected chi connectivity index (χ3v) is 19.1. The highest BCUT2D eigenvalue weighted by molar-refractivity contribution is 6.00. The van der Waals surface area contributed by atoms with Crippen molar-refractivity contribution in [2.45, 2.75) is 282 Å². The number of rotatable bonds is 37. The largest absolute Gasteiger partial charge is 0.508 e. The van der Waals surface area contributed by atoms with Crippen LogP contribution in [0.25, 0.3) is 0 Å². The number of hydrogen-bond acceptors (Lipinski definition) is 19. The lowest BCUT2D eigenvalue weighted by Gasteiger charge is -2.32. The fourth-order valence-corrected chi connectivity index (χ4v) is 12.5. The molecule has 1 fully saturated rings. The van der Waals surface area contributed by atoms with Gasteiger partial charge in [0.15, 0.2) is 0 Å². The predicted octanol–water partition coefficient (Wildman–Crippen LogP) is 1.97. The van der Waals surface area contributed by atoms with Gasteiger partial charge in [0, 0.05) is 38.6 Å². The number of esters is 1. The van der Waals surface area contributed by atoms with Crippen LogP contribution in [0.3, 0.4) is 0 Å². The monoisotopic (exact) mass is 1500 g/mol. The third-order valence-electron chi connectivity index (χ3n) is 19.1. The first-order chi connectivity index (χ1) is 50.7. The number of carbonyl (C=O) groups excluding carboxylic acids is 12. The number of aliphatic hydroxyl groups is 2. The molecule has 32 heteroatoms. The fourth-order valence-electron chi connectivity index (χ4n) is 12.5. The van der Waals surface area contributed by atoms with Crippen LogP contribution in [0, 0.1) is 17.8 Å². The van der Waals surface area contributed by atoms with Crippen LogP contribution in [0.4, 0.5) is 0 Å². The molecular weight excluding hydrogens is 1390 g/mol. The number of fused-ring (bicyclic) bond motifs is 23. The number of primary amides is 1. The number of aliphatic carboxylic acids is 2. The molecule has 32 nitrogen and oxygen atoms in total. The summed E-state index contributed by atoms with van der Waals surface area (Å²) in [4.78, 5) is 196. The van der Waals surface area contributed by atoms with Crippen LogP contribution in [0.1, 0.15) is 207 Å². The summed E-state index contributed by atoms with van der Waals surface area (Å²) in [6.07, 6.45) is 4.05. The molecule has 3 aliphatic rings. The van der Waals surface area contributed by atoms with E-state index >= 15 is 0 Å². The van der Waals surface area contributed by atoms with Gasteiger partial charge in [-0.05, 0) is 118 Å². The normalized spacial score (nSPS) is 21.8. The molecule has 3 heterocycles.